The van der Waals surface area contributed by atoms with Gasteiger partial charge >= 0.3 is 0 Å². The van der Waals surface area contributed by atoms with E-state index in [1.165, 1.54) is 75.7 Å². The molecule has 0 amide bonds. The second kappa shape index (κ2) is 14.2. The molecule has 1 fully saturated rings. The summed E-state index contributed by atoms with van der Waals surface area (Å²) in [5.41, 5.74) is 0. The molecule has 0 aromatic heterocycles. The summed E-state index contributed by atoms with van der Waals surface area (Å²) < 4.78 is 0. The van der Waals surface area contributed by atoms with Crippen LogP contribution < -0.4 is 0 Å². The van der Waals surface area contributed by atoms with Crippen molar-refractivity contribution in [3.63, 3.8) is 0 Å². The van der Waals surface area contributed by atoms with E-state index in [-0.39, 0.29) is 12.1 Å². The zero-order chi connectivity index (χ0) is 16.8. The molecule has 0 radical (unpaired) electrons. The van der Waals surface area contributed by atoms with E-state index in [9.17, 15) is 10.3 Å². The maximum Gasteiger partial charge on any atom is 0.0556 e. The number of hydrogen-bond acceptors (Lipinski definition) is 3. The van der Waals surface area contributed by atoms with Crippen molar-refractivity contribution in [1.82, 2.24) is 5.06 Å². The molecule has 2 atom stereocenters. The van der Waals surface area contributed by atoms with Gasteiger partial charge in [0.15, 0.2) is 0 Å². The van der Waals surface area contributed by atoms with Gasteiger partial charge in [0.25, 0.3) is 0 Å². The van der Waals surface area contributed by atoms with Gasteiger partial charge in [0.05, 0.1) is 6.10 Å². The number of hydrogen-bond donors (Lipinski definition) is 2. The van der Waals surface area contributed by atoms with Crippen LogP contribution in [0.5, 0.6) is 0 Å². The molecule has 2 N–H and O–H groups in total. The van der Waals surface area contributed by atoms with Gasteiger partial charge in [0, 0.05) is 12.6 Å². The van der Waals surface area contributed by atoms with Gasteiger partial charge in [-0.25, -0.2) is 0 Å². The third-order valence-corrected chi connectivity index (χ3v) is 5.28. The molecule has 0 aromatic carbocycles. The van der Waals surface area contributed by atoms with Crippen LogP contribution in [-0.2, 0) is 0 Å². The molecule has 1 aliphatic heterocycles. The number of nitrogens with zero attached hydrogens (tertiary/aromatic N) is 1. The van der Waals surface area contributed by atoms with Crippen LogP contribution in [0.15, 0.2) is 0 Å². The molecule has 0 spiro atoms. The fourth-order valence-corrected chi connectivity index (χ4v) is 3.71. The molecule has 138 valence electrons. The van der Waals surface area contributed by atoms with E-state index in [0.717, 1.165) is 38.6 Å². The van der Waals surface area contributed by atoms with Crippen LogP contribution >= 0.6 is 0 Å². The van der Waals surface area contributed by atoms with Crippen LogP contribution in [0, 0.1) is 0 Å². The van der Waals surface area contributed by atoms with Crippen LogP contribution in [0.4, 0.5) is 0 Å². The van der Waals surface area contributed by atoms with Crippen molar-refractivity contribution in [3.8, 4) is 0 Å². The predicted molar refractivity (Wildman–Crippen MR) is 97.8 cm³/mol. The Morgan fingerprint density at radius 3 is 1.87 bits per heavy atom. The number of rotatable bonds is 15. The zero-order valence-corrected chi connectivity index (χ0v) is 15.5. The molecule has 1 aliphatic rings. The van der Waals surface area contributed by atoms with Crippen molar-refractivity contribution in [3.05, 3.63) is 0 Å². The maximum atomic E-state index is 10.1. The van der Waals surface area contributed by atoms with Crippen LogP contribution in [0.2, 0.25) is 0 Å². The van der Waals surface area contributed by atoms with Crippen molar-refractivity contribution in [2.24, 2.45) is 0 Å². The van der Waals surface area contributed by atoms with Crippen LogP contribution in [0.3, 0.4) is 0 Å². The van der Waals surface area contributed by atoms with Gasteiger partial charge in [-0.15, -0.1) is 0 Å². The third-order valence-electron chi connectivity index (χ3n) is 5.28. The van der Waals surface area contributed by atoms with Crippen molar-refractivity contribution < 1.29 is 10.3 Å². The first kappa shape index (κ1) is 20.9. The van der Waals surface area contributed by atoms with E-state index in [0.29, 0.717) is 0 Å². The second-order valence-electron chi connectivity index (χ2n) is 7.53. The fraction of sp³-hybridized carbons (Fsp3) is 1.00. The average molecular weight is 328 g/mol. The van der Waals surface area contributed by atoms with Gasteiger partial charge < -0.3 is 10.3 Å². The Hall–Kier alpha value is -0.120. The lowest BCUT2D eigenvalue weighted by atomic mass is 10.0. The third kappa shape index (κ3) is 11.1. The minimum atomic E-state index is -0.226. The molecule has 2 unspecified atom stereocenters. The van der Waals surface area contributed by atoms with E-state index >= 15 is 0 Å². The number of hydroxylamine groups is 2. The van der Waals surface area contributed by atoms with E-state index in [4.69, 9.17) is 0 Å². The average Bonchev–Trinajstić information content (AvgIpc) is 2.93. The summed E-state index contributed by atoms with van der Waals surface area (Å²) >= 11 is 0. The molecular formula is C20H41NO2. The predicted octanol–water partition coefficient (Wildman–Crippen LogP) is 5.68. The van der Waals surface area contributed by atoms with Crippen LogP contribution in [0.25, 0.3) is 0 Å². The quantitative estimate of drug-likeness (QED) is 0.380. The van der Waals surface area contributed by atoms with E-state index in [1.807, 2.05) is 0 Å². The minimum Gasteiger partial charge on any atom is -0.393 e. The van der Waals surface area contributed by atoms with Crippen molar-refractivity contribution in [2.45, 2.75) is 122 Å². The molecule has 1 rings (SSSR count). The van der Waals surface area contributed by atoms with Crippen molar-refractivity contribution in [2.75, 3.05) is 6.54 Å². The normalized spacial score (nSPS) is 20.2. The molecule has 3 nitrogen and oxygen atoms in total. The van der Waals surface area contributed by atoms with Gasteiger partial charge in [0.2, 0.25) is 0 Å². The second-order valence-corrected chi connectivity index (χ2v) is 7.53. The highest BCUT2D eigenvalue weighted by Gasteiger charge is 2.24. The van der Waals surface area contributed by atoms with Crippen molar-refractivity contribution in [1.29, 1.82) is 0 Å². The molecular weight excluding hydrogens is 286 g/mol. The summed E-state index contributed by atoms with van der Waals surface area (Å²) in [4.78, 5) is 0. The summed E-state index contributed by atoms with van der Waals surface area (Å²) in [6.45, 7) is 3.05. The lowest BCUT2D eigenvalue weighted by molar-refractivity contribution is -0.111. The highest BCUT2D eigenvalue weighted by atomic mass is 16.5. The monoisotopic (exact) mass is 327 g/mol. The molecule has 0 saturated carbocycles. The fourth-order valence-electron chi connectivity index (χ4n) is 3.71. The highest BCUT2D eigenvalue weighted by molar-refractivity contribution is 4.76. The van der Waals surface area contributed by atoms with E-state index in [1.54, 1.807) is 0 Å². The van der Waals surface area contributed by atoms with Crippen molar-refractivity contribution >= 4 is 0 Å². The summed E-state index contributed by atoms with van der Waals surface area (Å²) in [5, 5.41) is 21.1. The Labute approximate surface area is 144 Å². The summed E-state index contributed by atoms with van der Waals surface area (Å²) in [5.74, 6) is 0. The smallest absolute Gasteiger partial charge is 0.0556 e. The number of aliphatic hydroxyl groups excluding tert-OH is 1. The van der Waals surface area contributed by atoms with Gasteiger partial charge in [-0.3, -0.25) is 0 Å². The largest absolute Gasteiger partial charge is 0.393 e. The first-order chi connectivity index (χ1) is 11.2. The lowest BCUT2D eigenvalue weighted by Gasteiger charge is -2.20. The van der Waals surface area contributed by atoms with E-state index < -0.39 is 0 Å². The topological polar surface area (TPSA) is 43.7 Å². The van der Waals surface area contributed by atoms with Gasteiger partial charge in [-0.2, -0.15) is 5.06 Å². The minimum absolute atomic E-state index is 0.197. The molecule has 0 aromatic rings. The van der Waals surface area contributed by atoms with Gasteiger partial charge in [-0.05, 0) is 25.7 Å². The molecule has 23 heavy (non-hydrogen) atoms. The van der Waals surface area contributed by atoms with Crippen LogP contribution in [-0.4, -0.2) is 34.1 Å². The molecule has 1 heterocycles. The van der Waals surface area contributed by atoms with Crippen LogP contribution in [0.1, 0.15) is 110 Å². The maximum absolute atomic E-state index is 10.1. The summed E-state index contributed by atoms with van der Waals surface area (Å²) in [7, 11) is 0. The summed E-state index contributed by atoms with van der Waals surface area (Å²) in [6, 6.07) is 0.197. The number of aliphatic hydroxyl groups is 1. The molecule has 1 saturated heterocycles. The molecule has 0 bridgehead atoms. The van der Waals surface area contributed by atoms with Gasteiger partial charge in [-0.1, -0.05) is 84.0 Å². The highest BCUT2D eigenvalue weighted by Crippen LogP contribution is 2.21. The van der Waals surface area contributed by atoms with E-state index in [2.05, 4.69) is 6.92 Å². The first-order valence-corrected chi connectivity index (χ1v) is 10.4. The Bertz CT molecular complexity index is 260. The Kier molecular flexibility index (Phi) is 13.0. The molecule has 0 aliphatic carbocycles. The summed E-state index contributed by atoms with van der Waals surface area (Å²) in [6.07, 6.45) is 19.8. The lowest BCUT2D eigenvalue weighted by Crippen LogP contribution is -2.29. The van der Waals surface area contributed by atoms with Gasteiger partial charge in [0.1, 0.15) is 0 Å². The zero-order valence-electron chi connectivity index (χ0n) is 15.5. The first-order valence-electron chi connectivity index (χ1n) is 10.4. The molecule has 3 heteroatoms. The SMILES string of the molecule is CCCCCCCCCCCCCCC(O)CC1CCCN1O. The Balaban J connectivity index is 1.79. The Morgan fingerprint density at radius 2 is 1.39 bits per heavy atom. The standard InChI is InChI=1S/C20H41NO2/c1-2-3-4-5-6-7-8-9-10-11-12-13-16-20(22)18-19-15-14-17-21(19)23/h19-20,22-23H,2-18H2,1H3. The Morgan fingerprint density at radius 1 is 0.870 bits per heavy atom. The number of unbranched alkanes of at least 4 members (excludes halogenated alkanes) is 11.